The highest BCUT2D eigenvalue weighted by Gasteiger charge is 2.23. The van der Waals surface area contributed by atoms with E-state index in [0.717, 1.165) is 139 Å². The van der Waals surface area contributed by atoms with E-state index < -0.39 is 0 Å². The maximum absolute atomic E-state index is 9.34. The van der Waals surface area contributed by atoms with Gasteiger partial charge in [-0.05, 0) is 279 Å². The SMILES string of the molecule is Cc1ccc2cc(-c3ccc4cc(N(c5ccc(-c6nc(-c7ccccc7)nc(-c7ccccc7)n6)cc5)c5ccc(-c6nc(-c7ccccc7)nc(-c7ccccc7)n6)cc5)ccc4c3)ccc2c1.N#Cc1ccc2c(c1)oc1cc(-c3ccc4cc(N(c5ccc(C6=CC(=N)C(=NS)C=C6)cc5)c5ccc(C6=CC(=NS)C(=N)C=C6)cc5)ccc4c3)ccc12. The molecular weight excluding hydrogens is 1580 g/mol. The molecule has 0 unspecified atom stereocenters. The number of nitriles is 1. The Labute approximate surface area is 738 Å². The second kappa shape index (κ2) is 34.2. The van der Waals surface area contributed by atoms with E-state index in [1.807, 2.05) is 152 Å². The number of anilines is 6. The van der Waals surface area contributed by atoms with Gasteiger partial charge in [-0.15, -0.1) is 0 Å². The minimum atomic E-state index is 0.320. The first-order chi connectivity index (χ1) is 61.9. The number of rotatable bonds is 16. The number of furan rings is 1. The van der Waals surface area contributed by atoms with Crippen LogP contribution in [0.4, 0.5) is 34.1 Å². The van der Waals surface area contributed by atoms with Crippen LogP contribution in [0.1, 0.15) is 22.3 Å². The molecule has 2 aliphatic rings. The van der Waals surface area contributed by atoms with Crippen molar-refractivity contribution < 1.29 is 4.42 Å². The standard InChI is InChI=1S/C63H43N7.C47H30N6OS2/c1-42-22-23-50-39-51(25-24-49(50)38-42)52-26-27-54-41-57(37-32-53(54)40-52)70(55-33-28-47(29-34-55)62-66-58(43-14-6-2-7-15-43)64-59(67-62)44-16-8-3-9-17-44)56-35-30-48(31-36-56)63-68-60(45-18-10-4-11-19-45)65-61(69-63)46-20-12-5-13-21-46;48-27-28-1-17-40-41-18-9-36(26-47(41)54-46(40)21-28)31-2-3-33-23-39(16-8-32(33)22-31)53(37-12-4-29(5-13-37)34-11-20-44(51-55)43(50)24-34)38-14-6-30(7-15-38)35-10-19-42(49)45(25-35)52-56/h2-41H,1H3;1-26,49-50,55-56H. The van der Waals surface area contributed by atoms with Crippen molar-refractivity contribution in [2.75, 3.05) is 9.80 Å². The zero-order valence-electron chi connectivity index (χ0n) is 67.8. The largest absolute Gasteiger partial charge is 0.456 e. The van der Waals surface area contributed by atoms with Gasteiger partial charge in [0.05, 0.1) is 34.5 Å². The smallest absolute Gasteiger partial charge is 0.164 e. The molecule has 14 nitrogen and oxygen atoms in total. The number of aromatic nitrogens is 6. The summed E-state index contributed by atoms with van der Waals surface area (Å²) < 4.78 is 14.0. The summed E-state index contributed by atoms with van der Waals surface area (Å²) in [4.78, 5) is 34.4. The lowest BCUT2D eigenvalue weighted by Gasteiger charge is -2.26. The fraction of sp³-hybridized carbons (Fsp3) is 0.00909. The van der Waals surface area contributed by atoms with Crippen LogP contribution < -0.4 is 9.80 Å². The summed E-state index contributed by atoms with van der Waals surface area (Å²) in [5, 5.41) is 34.8. The molecule has 2 aliphatic carbocycles. The van der Waals surface area contributed by atoms with Gasteiger partial charge in [-0.2, -0.15) is 5.26 Å². The molecule has 0 atom stereocenters. The quantitative estimate of drug-likeness (QED) is 0.0534. The van der Waals surface area contributed by atoms with Crippen molar-refractivity contribution in [3.05, 3.63) is 423 Å². The maximum Gasteiger partial charge on any atom is 0.164 e. The average molecular weight is 1660 g/mol. The van der Waals surface area contributed by atoms with Gasteiger partial charge in [-0.3, -0.25) is 10.8 Å². The van der Waals surface area contributed by atoms with Crippen LogP contribution in [-0.4, -0.2) is 52.8 Å². The Bertz CT molecular complexity index is 7470. The van der Waals surface area contributed by atoms with E-state index in [1.54, 1.807) is 24.3 Å². The molecule has 0 fully saturated rings. The van der Waals surface area contributed by atoms with Gasteiger partial charge in [0.2, 0.25) is 0 Å². The van der Waals surface area contributed by atoms with Crippen LogP contribution >= 0.6 is 25.6 Å². The number of allylic oxidation sites excluding steroid dienone is 8. The van der Waals surface area contributed by atoms with Crippen LogP contribution in [0.2, 0.25) is 0 Å². The number of nitrogens with zero attached hydrogens (tertiary/aromatic N) is 11. The zero-order chi connectivity index (χ0) is 85.1. The molecule has 16 aromatic carbocycles. The molecule has 0 amide bonds. The average Bonchev–Trinajstić information content (AvgIpc) is 1.43. The Morgan fingerprint density at radius 3 is 1.01 bits per heavy atom. The Morgan fingerprint density at radius 1 is 0.286 bits per heavy atom. The van der Waals surface area contributed by atoms with Crippen molar-refractivity contribution in [2.45, 2.75) is 6.92 Å². The number of hydrogen-bond acceptors (Lipinski definition) is 16. The third kappa shape index (κ3) is 16.1. The van der Waals surface area contributed by atoms with Crippen molar-refractivity contribution in [1.82, 2.24) is 29.9 Å². The van der Waals surface area contributed by atoms with Crippen LogP contribution in [0.5, 0.6) is 0 Å². The fourth-order valence-corrected chi connectivity index (χ4v) is 16.5. The van der Waals surface area contributed by atoms with Gasteiger partial charge in [0.1, 0.15) is 11.2 Å². The first-order valence-electron chi connectivity index (χ1n) is 41.1. The predicted molar refractivity (Wildman–Crippen MR) is 524 cm³/mol. The van der Waals surface area contributed by atoms with Crippen LogP contribution in [0.3, 0.4) is 0 Å². The second-order valence-corrected chi connectivity index (χ2v) is 31.2. The summed E-state index contributed by atoms with van der Waals surface area (Å²) in [6.45, 7) is 2.14. The molecule has 16 heteroatoms. The lowest BCUT2D eigenvalue weighted by atomic mass is 9.96. The molecular formula is C110H73N13OS2. The molecule has 126 heavy (non-hydrogen) atoms. The number of aryl methyl sites for hydroxylation is 1. The molecule has 19 aromatic rings. The molecule has 596 valence electrons. The topological polar surface area (TPSA) is 193 Å². The molecule has 21 rings (SSSR count). The van der Waals surface area contributed by atoms with Crippen molar-refractivity contribution in [2.24, 2.45) is 8.80 Å². The maximum atomic E-state index is 9.34. The van der Waals surface area contributed by atoms with Crippen molar-refractivity contribution in [3.63, 3.8) is 0 Å². The molecule has 0 radical (unpaired) electrons. The summed E-state index contributed by atoms with van der Waals surface area (Å²) in [6, 6.07) is 128. The van der Waals surface area contributed by atoms with Crippen LogP contribution in [0.25, 0.3) is 156 Å². The molecule has 0 bridgehead atoms. The lowest BCUT2D eigenvalue weighted by molar-refractivity contribution is 0.669. The van der Waals surface area contributed by atoms with Gasteiger partial charge in [-0.25, -0.2) is 38.7 Å². The first-order valence-corrected chi connectivity index (χ1v) is 41.9. The zero-order valence-corrected chi connectivity index (χ0v) is 69.6. The molecule has 0 saturated carbocycles. The van der Waals surface area contributed by atoms with Crippen LogP contribution in [0.15, 0.2) is 414 Å². The van der Waals surface area contributed by atoms with E-state index in [9.17, 15) is 5.26 Å². The summed E-state index contributed by atoms with van der Waals surface area (Å²) in [7, 11) is 0. The monoisotopic (exact) mass is 1660 g/mol. The molecule has 2 N–H and O–H groups in total. The summed E-state index contributed by atoms with van der Waals surface area (Å²) in [6.07, 6.45) is 11.1. The number of hydrogen-bond donors (Lipinski definition) is 4. The Hall–Kier alpha value is -16.5. The highest BCUT2D eigenvalue weighted by Crippen LogP contribution is 2.43. The highest BCUT2D eigenvalue weighted by atomic mass is 32.1. The van der Waals surface area contributed by atoms with E-state index in [-0.39, 0.29) is 0 Å². The Morgan fingerprint density at radius 2 is 0.603 bits per heavy atom. The van der Waals surface area contributed by atoms with Crippen LogP contribution in [-0.2, 0) is 0 Å². The summed E-state index contributed by atoms with van der Waals surface area (Å²) >= 11 is 8.04. The molecule has 3 aromatic heterocycles. The number of nitrogens with one attached hydrogen (secondary N) is 2. The predicted octanol–water partition coefficient (Wildman–Crippen LogP) is 28.1. The van der Waals surface area contributed by atoms with Gasteiger partial charge in [0, 0.05) is 78.3 Å². The van der Waals surface area contributed by atoms with Crippen molar-refractivity contribution >= 4 is 148 Å². The van der Waals surface area contributed by atoms with Crippen LogP contribution in [0, 0.1) is 29.1 Å². The number of benzene rings is 16. The third-order valence-electron chi connectivity index (χ3n) is 22.7. The fourth-order valence-electron chi connectivity index (χ4n) is 16.2. The van der Waals surface area contributed by atoms with E-state index in [1.165, 1.54) is 27.5 Å². The van der Waals surface area contributed by atoms with Gasteiger partial charge < -0.3 is 14.2 Å². The molecule has 0 spiro atoms. The van der Waals surface area contributed by atoms with E-state index >= 15 is 0 Å². The molecule has 3 heterocycles. The lowest BCUT2D eigenvalue weighted by Crippen LogP contribution is -2.12. The second-order valence-electron chi connectivity index (χ2n) is 30.8. The van der Waals surface area contributed by atoms with Gasteiger partial charge in [-0.1, -0.05) is 236 Å². The summed E-state index contributed by atoms with van der Waals surface area (Å²) in [5.41, 5.74) is 24.8. The van der Waals surface area contributed by atoms with Gasteiger partial charge in [0.15, 0.2) is 34.9 Å². The Kier molecular flexibility index (Phi) is 21.2. The highest BCUT2D eigenvalue weighted by molar-refractivity contribution is 7.79. The third-order valence-corrected chi connectivity index (χ3v) is 23.2. The van der Waals surface area contributed by atoms with E-state index in [0.29, 0.717) is 68.9 Å². The minimum Gasteiger partial charge on any atom is -0.456 e. The normalized spacial score (nSPS) is 13.1. The first kappa shape index (κ1) is 78.1. The molecule has 0 saturated heterocycles. The summed E-state index contributed by atoms with van der Waals surface area (Å²) in [5.74, 6) is 3.68. The van der Waals surface area contributed by atoms with Gasteiger partial charge in [0.25, 0.3) is 0 Å². The van der Waals surface area contributed by atoms with Crippen molar-refractivity contribution in [1.29, 1.82) is 16.1 Å². The Balaban J connectivity index is 0.000000163. The number of thiol groups is 2. The number of fused-ring (bicyclic) bond motifs is 6. The van der Waals surface area contributed by atoms with Crippen molar-refractivity contribution in [3.8, 4) is 96.7 Å². The van der Waals surface area contributed by atoms with Gasteiger partial charge >= 0.3 is 0 Å². The minimum absolute atomic E-state index is 0.320. The van der Waals surface area contributed by atoms with E-state index in [2.05, 4.69) is 282 Å². The van der Waals surface area contributed by atoms with E-state index in [4.69, 9.17) is 45.1 Å². The molecule has 0 aliphatic heterocycles.